The first-order valence-electron chi connectivity index (χ1n) is 10.8. The Hall–Kier alpha value is -4.17. The van der Waals surface area contributed by atoms with Crippen molar-refractivity contribution in [3.05, 3.63) is 88.7 Å². The summed E-state index contributed by atoms with van der Waals surface area (Å²) in [6.45, 7) is 3.58. The van der Waals surface area contributed by atoms with Crippen molar-refractivity contribution in [1.82, 2.24) is 4.98 Å². The van der Waals surface area contributed by atoms with Gasteiger partial charge in [0.15, 0.2) is 0 Å². The number of hydrogen-bond acceptors (Lipinski definition) is 6. The number of nitrogens with zero attached hydrogens (tertiary/aromatic N) is 2. The molecule has 2 heterocycles. The highest BCUT2D eigenvalue weighted by Crippen LogP contribution is 2.43. The van der Waals surface area contributed by atoms with Gasteiger partial charge in [0.25, 0.3) is 11.7 Å². The summed E-state index contributed by atoms with van der Waals surface area (Å²) < 4.78 is 5.51. The Morgan fingerprint density at radius 3 is 2.66 bits per heavy atom. The van der Waals surface area contributed by atoms with Crippen LogP contribution in [-0.4, -0.2) is 34.3 Å². The third-order valence-electron chi connectivity index (χ3n) is 5.39. The average Bonchev–Trinajstić information content (AvgIpc) is 3.11. The van der Waals surface area contributed by atoms with E-state index in [-0.39, 0.29) is 22.1 Å². The number of ether oxygens (including phenoxy) is 1. The van der Waals surface area contributed by atoms with Gasteiger partial charge in [-0.25, -0.2) is 0 Å². The van der Waals surface area contributed by atoms with E-state index in [0.717, 1.165) is 0 Å². The summed E-state index contributed by atoms with van der Waals surface area (Å²) in [5, 5.41) is 14.2. The van der Waals surface area contributed by atoms with E-state index in [1.165, 1.54) is 24.1 Å². The fraction of sp³-hybridized carbons (Fsp3) is 0.154. The van der Waals surface area contributed by atoms with Crippen LogP contribution in [0.3, 0.4) is 0 Å². The number of nitrogens with one attached hydrogen (secondary N) is 1. The molecule has 1 saturated heterocycles. The summed E-state index contributed by atoms with van der Waals surface area (Å²) in [5.41, 5.74) is 1.35. The Labute approximate surface area is 206 Å². The first-order valence-corrected chi connectivity index (χ1v) is 11.2. The molecule has 4 rings (SSSR count). The van der Waals surface area contributed by atoms with E-state index in [0.29, 0.717) is 29.3 Å². The summed E-state index contributed by atoms with van der Waals surface area (Å²) in [6, 6.07) is 13.7. The van der Waals surface area contributed by atoms with E-state index in [2.05, 4.69) is 10.3 Å². The molecule has 2 N–H and O–H groups in total. The maximum atomic E-state index is 13.3. The summed E-state index contributed by atoms with van der Waals surface area (Å²) in [5.74, 6) is -1.97. The lowest BCUT2D eigenvalue weighted by Crippen LogP contribution is -2.29. The van der Waals surface area contributed by atoms with Gasteiger partial charge in [0.2, 0.25) is 5.91 Å². The lowest BCUT2D eigenvalue weighted by Gasteiger charge is -2.25. The highest BCUT2D eigenvalue weighted by molar-refractivity contribution is 6.52. The molecule has 0 bridgehead atoms. The number of aliphatic hydroxyl groups excluding tert-OH is 1. The van der Waals surface area contributed by atoms with Crippen molar-refractivity contribution >= 4 is 46.3 Å². The Morgan fingerprint density at radius 2 is 1.97 bits per heavy atom. The van der Waals surface area contributed by atoms with Crippen LogP contribution in [0.15, 0.2) is 72.6 Å². The van der Waals surface area contributed by atoms with Crippen LogP contribution in [0.4, 0.5) is 11.4 Å². The molecule has 1 aromatic heterocycles. The quantitative estimate of drug-likeness (QED) is 0.293. The van der Waals surface area contributed by atoms with Crippen molar-refractivity contribution < 1.29 is 24.2 Å². The minimum absolute atomic E-state index is 0.136. The minimum Gasteiger partial charge on any atom is -0.507 e. The highest BCUT2D eigenvalue weighted by Gasteiger charge is 2.47. The second-order valence-corrected chi connectivity index (χ2v) is 8.17. The second-order valence-electron chi connectivity index (χ2n) is 7.76. The number of amides is 2. The van der Waals surface area contributed by atoms with Crippen LogP contribution in [0.1, 0.15) is 31.0 Å². The Morgan fingerprint density at radius 1 is 1.17 bits per heavy atom. The van der Waals surface area contributed by atoms with E-state index in [9.17, 15) is 19.5 Å². The largest absolute Gasteiger partial charge is 0.507 e. The number of hydrogen-bond donors (Lipinski definition) is 2. The number of pyridine rings is 1. The van der Waals surface area contributed by atoms with Crippen molar-refractivity contribution in [2.45, 2.75) is 19.9 Å². The van der Waals surface area contributed by atoms with Crippen molar-refractivity contribution in [2.24, 2.45) is 0 Å². The Kier molecular flexibility index (Phi) is 6.84. The SMILES string of the molecule is CCOc1ccc(Cl)c(/C(O)=C2\C(=O)C(=O)N(c3cccc(NC(C)=O)c3)C2c2cccnc2)c1. The Bertz CT molecular complexity index is 1340. The van der Waals surface area contributed by atoms with Crippen LogP contribution in [-0.2, 0) is 14.4 Å². The van der Waals surface area contributed by atoms with Gasteiger partial charge in [0.05, 0.1) is 23.2 Å². The van der Waals surface area contributed by atoms with E-state index in [1.807, 2.05) is 6.92 Å². The topological polar surface area (TPSA) is 109 Å². The Balaban J connectivity index is 1.92. The number of rotatable bonds is 6. The highest BCUT2D eigenvalue weighted by atomic mass is 35.5. The number of halogens is 1. The zero-order chi connectivity index (χ0) is 25.1. The van der Waals surface area contributed by atoms with Crippen LogP contribution in [0, 0.1) is 0 Å². The summed E-state index contributed by atoms with van der Waals surface area (Å²) in [7, 11) is 0. The molecule has 9 heteroatoms. The summed E-state index contributed by atoms with van der Waals surface area (Å²) in [6.07, 6.45) is 3.09. The maximum Gasteiger partial charge on any atom is 0.300 e. The van der Waals surface area contributed by atoms with E-state index >= 15 is 0 Å². The summed E-state index contributed by atoms with van der Waals surface area (Å²) >= 11 is 6.36. The number of carbonyl (C=O) groups is 3. The normalized spacial score (nSPS) is 16.9. The molecule has 35 heavy (non-hydrogen) atoms. The molecule has 1 atom stereocenters. The molecule has 8 nitrogen and oxygen atoms in total. The molecule has 0 aliphatic carbocycles. The molecule has 0 spiro atoms. The molecule has 1 aliphatic rings. The van der Waals surface area contributed by atoms with Crippen LogP contribution in [0.25, 0.3) is 5.76 Å². The van der Waals surface area contributed by atoms with Crippen molar-refractivity contribution in [3.8, 4) is 5.75 Å². The van der Waals surface area contributed by atoms with Gasteiger partial charge in [-0.1, -0.05) is 23.7 Å². The van der Waals surface area contributed by atoms with Crippen molar-refractivity contribution in [1.29, 1.82) is 0 Å². The first kappa shape index (κ1) is 24.0. The predicted molar refractivity (Wildman–Crippen MR) is 132 cm³/mol. The third-order valence-corrected chi connectivity index (χ3v) is 5.72. The van der Waals surface area contributed by atoms with E-state index in [1.54, 1.807) is 54.7 Å². The molecule has 1 aliphatic heterocycles. The molecule has 1 fully saturated rings. The lowest BCUT2D eigenvalue weighted by atomic mass is 9.96. The fourth-order valence-corrected chi connectivity index (χ4v) is 4.18. The smallest absolute Gasteiger partial charge is 0.300 e. The van der Waals surface area contributed by atoms with E-state index in [4.69, 9.17) is 16.3 Å². The molecule has 178 valence electrons. The molecular formula is C26H22ClN3O5. The van der Waals surface area contributed by atoms with Gasteiger partial charge >= 0.3 is 0 Å². The van der Waals surface area contributed by atoms with E-state index < -0.39 is 23.5 Å². The minimum atomic E-state index is -0.983. The predicted octanol–water partition coefficient (Wildman–Crippen LogP) is 4.72. The molecule has 1 unspecified atom stereocenters. The fourth-order valence-electron chi connectivity index (χ4n) is 3.98. The standard InChI is InChI=1S/C26H22ClN3O5/c1-3-35-19-9-10-21(27)20(13-19)24(32)22-23(16-6-5-11-28-14-16)30(26(34)25(22)33)18-8-4-7-17(12-18)29-15(2)31/h4-14,23,32H,3H2,1-2H3,(H,29,31)/b24-22+. The molecule has 2 aromatic carbocycles. The van der Waals surface area contributed by atoms with Gasteiger partial charge in [-0.3, -0.25) is 24.3 Å². The number of Topliss-reactive ketones (excluding diaryl/α,β-unsaturated/α-hetero) is 1. The van der Waals surface area contributed by atoms with Gasteiger partial charge in [-0.05, 0) is 55.0 Å². The number of ketones is 1. The zero-order valence-corrected chi connectivity index (χ0v) is 19.7. The monoisotopic (exact) mass is 491 g/mol. The third kappa shape index (κ3) is 4.74. The van der Waals surface area contributed by atoms with Crippen LogP contribution in [0.2, 0.25) is 5.02 Å². The van der Waals surface area contributed by atoms with Crippen LogP contribution >= 0.6 is 11.6 Å². The number of benzene rings is 2. The van der Waals surface area contributed by atoms with Crippen molar-refractivity contribution in [3.63, 3.8) is 0 Å². The maximum absolute atomic E-state index is 13.3. The molecule has 3 aromatic rings. The molecular weight excluding hydrogens is 470 g/mol. The first-order chi connectivity index (χ1) is 16.8. The van der Waals surface area contributed by atoms with Gasteiger partial charge in [-0.2, -0.15) is 0 Å². The number of carbonyl (C=O) groups excluding carboxylic acids is 3. The number of anilines is 2. The van der Waals surface area contributed by atoms with Gasteiger partial charge in [0, 0.05) is 36.3 Å². The molecule has 0 radical (unpaired) electrons. The average molecular weight is 492 g/mol. The second kappa shape index (κ2) is 9.99. The van der Waals surface area contributed by atoms with Gasteiger partial charge < -0.3 is 15.2 Å². The zero-order valence-electron chi connectivity index (χ0n) is 19.0. The van der Waals surface area contributed by atoms with Crippen LogP contribution < -0.4 is 15.0 Å². The number of aromatic nitrogens is 1. The van der Waals surface area contributed by atoms with Gasteiger partial charge in [-0.15, -0.1) is 0 Å². The van der Waals surface area contributed by atoms with Crippen molar-refractivity contribution in [2.75, 3.05) is 16.8 Å². The summed E-state index contributed by atoms with van der Waals surface area (Å²) in [4.78, 5) is 43.5. The number of aliphatic hydroxyl groups is 1. The van der Waals surface area contributed by atoms with Gasteiger partial charge in [0.1, 0.15) is 11.5 Å². The molecule has 0 saturated carbocycles. The lowest BCUT2D eigenvalue weighted by molar-refractivity contribution is -0.132. The molecule has 2 amide bonds. The van der Waals surface area contributed by atoms with Crippen LogP contribution in [0.5, 0.6) is 5.75 Å².